The van der Waals surface area contributed by atoms with E-state index in [-0.39, 0.29) is 6.61 Å². The lowest BCUT2D eigenvalue weighted by Crippen LogP contribution is -2.14. The fourth-order valence-corrected chi connectivity index (χ4v) is 1.28. The van der Waals surface area contributed by atoms with Gasteiger partial charge in [0.05, 0.1) is 13.2 Å². The topological polar surface area (TPSA) is 59.3 Å². The number of hydrogen-bond donors (Lipinski definition) is 0. The average molecular weight is 231 g/mol. The lowest BCUT2D eigenvalue weighted by atomic mass is 10.0. The van der Waals surface area contributed by atoms with E-state index in [0.29, 0.717) is 11.3 Å². The minimum absolute atomic E-state index is 0.104. The average Bonchev–Trinajstić information content (AvgIpc) is 2.38. The van der Waals surface area contributed by atoms with Crippen molar-refractivity contribution < 1.29 is 14.3 Å². The molecule has 4 heteroatoms. The van der Waals surface area contributed by atoms with Crippen LogP contribution in [0.15, 0.2) is 36.9 Å². The summed E-state index contributed by atoms with van der Waals surface area (Å²) in [5.41, 5.74) is 0.586. The molecular formula is C13H13NO3. The predicted octanol–water partition coefficient (Wildman–Crippen LogP) is 2.03. The third-order valence-corrected chi connectivity index (χ3v) is 2.16. The smallest absolute Gasteiger partial charge is 0.328 e. The van der Waals surface area contributed by atoms with Crippen molar-refractivity contribution in [2.24, 2.45) is 0 Å². The molecule has 0 saturated heterocycles. The summed E-state index contributed by atoms with van der Waals surface area (Å²) < 4.78 is 9.84. The summed E-state index contributed by atoms with van der Waals surface area (Å²) in [5, 5.41) is 8.97. The van der Waals surface area contributed by atoms with Gasteiger partial charge in [-0.15, -0.1) is 0 Å². The highest BCUT2D eigenvalue weighted by Crippen LogP contribution is 2.20. The minimum atomic E-state index is -0.916. The second-order valence-electron chi connectivity index (χ2n) is 3.25. The highest BCUT2D eigenvalue weighted by atomic mass is 16.5. The van der Waals surface area contributed by atoms with Crippen molar-refractivity contribution >= 4 is 5.97 Å². The quantitative estimate of drug-likeness (QED) is 0.574. The number of nitrogens with zero attached hydrogens (tertiary/aromatic N) is 1. The molecule has 0 N–H and O–H groups in total. The Morgan fingerprint density at radius 2 is 2.18 bits per heavy atom. The van der Waals surface area contributed by atoms with Crippen molar-refractivity contribution in [3.05, 3.63) is 42.5 Å². The van der Waals surface area contributed by atoms with Crippen LogP contribution in [0.1, 0.15) is 11.5 Å². The van der Waals surface area contributed by atoms with Crippen molar-refractivity contribution in [1.29, 1.82) is 5.26 Å². The van der Waals surface area contributed by atoms with Crippen LogP contribution in [0.5, 0.6) is 5.75 Å². The summed E-state index contributed by atoms with van der Waals surface area (Å²) in [4.78, 5) is 11.6. The van der Waals surface area contributed by atoms with Gasteiger partial charge >= 0.3 is 5.97 Å². The third kappa shape index (κ3) is 3.35. The second-order valence-corrected chi connectivity index (χ2v) is 3.25. The molecule has 0 fully saturated rings. The molecule has 0 bridgehead atoms. The number of benzene rings is 1. The molecule has 4 nitrogen and oxygen atoms in total. The summed E-state index contributed by atoms with van der Waals surface area (Å²) in [6, 6.07) is 8.64. The van der Waals surface area contributed by atoms with Gasteiger partial charge in [0.1, 0.15) is 12.4 Å². The monoisotopic (exact) mass is 231 g/mol. The van der Waals surface area contributed by atoms with E-state index in [1.54, 1.807) is 31.4 Å². The van der Waals surface area contributed by atoms with Crippen molar-refractivity contribution in [3.8, 4) is 11.8 Å². The molecule has 0 aromatic heterocycles. The van der Waals surface area contributed by atoms with Crippen LogP contribution in [0.3, 0.4) is 0 Å². The Hall–Kier alpha value is -2.28. The van der Waals surface area contributed by atoms with Gasteiger partial charge in [-0.05, 0) is 17.7 Å². The van der Waals surface area contributed by atoms with E-state index in [9.17, 15) is 4.79 Å². The Morgan fingerprint density at radius 1 is 1.53 bits per heavy atom. The van der Waals surface area contributed by atoms with E-state index in [2.05, 4.69) is 6.58 Å². The van der Waals surface area contributed by atoms with Crippen molar-refractivity contribution in [1.82, 2.24) is 0 Å². The van der Waals surface area contributed by atoms with Gasteiger partial charge in [0.25, 0.3) is 0 Å². The summed E-state index contributed by atoms with van der Waals surface area (Å²) >= 11 is 0. The summed E-state index contributed by atoms with van der Waals surface area (Å²) in [7, 11) is 1.55. The third-order valence-electron chi connectivity index (χ3n) is 2.16. The second kappa shape index (κ2) is 6.33. The molecule has 0 heterocycles. The van der Waals surface area contributed by atoms with Crippen LogP contribution >= 0.6 is 0 Å². The van der Waals surface area contributed by atoms with Crippen molar-refractivity contribution in [2.45, 2.75) is 5.92 Å². The zero-order valence-corrected chi connectivity index (χ0v) is 9.55. The first-order valence-electron chi connectivity index (χ1n) is 5.04. The van der Waals surface area contributed by atoms with Crippen molar-refractivity contribution in [2.75, 3.05) is 13.7 Å². The number of rotatable bonds is 5. The SMILES string of the molecule is C=CCOC(=O)C(C#N)c1ccc(OC)cc1. The highest BCUT2D eigenvalue weighted by molar-refractivity contribution is 5.81. The molecule has 1 rings (SSSR count). The number of hydrogen-bond acceptors (Lipinski definition) is 4. The van der Waals surface area contributed by atoms with Gasteiger partial charge in [-0.3, -0.25) is 4.79 Å². The number of carbonyl (C=O) groups excluding carboxylic acids is 1. The number of methoxy groups -OCH3 is 1. The molecule has 1 atom stereocenters. The Kier molecular flexibility index (Phi) is 4.77. The maximum Gasteiger partial charge on any atom is 0.328 e. The maximum absolute atomic E-state index is 11.6. The van der Waals surface area contributed by atoms with Crippen LogP contribution in [-0.4, -0.2) is 19.7 Å². The van der Waals surface area contributed by atoms with E-state index >= 15 is 0 Å². The lowest BCUT2D eigenvalue weighted by Gasteiger charge is -2.09. The van der Waals surface area contributed by atoms with Crippen LogP contribution in [0.4, 0.5) is 0 Å². The van der Waals surface area contributed by atoms with Crippen LogP contribution < -0.4 is 4.74 Å². The summed E-state index contributed by atoms with van der Waals surface area (Å²) in [5.74, 6) is -0.816. The minimum Gasteiger partial charge on any atom is -0.497 e. The van der Waals surface area contributed by atoms with E-state index in [1.807, 2.05) is 6.07 Å². The molecule has 0 aliphatic rings. The first-order valence-corrected chi connectivity index (χ1v) is 5.04. The van der Waals surface area contributed by atoms with Crippen LogP contribution in [0.25, 0.3) is 0 Å². The molecule has 88 valence electrons. The molecule has 0 aliphatic heterocycles. The molecule has 0 amide bonds. The molecular weight excluding hydrogens is 218 g/mol. The maximum atomic E-state index is 11.6. The molecule has 1 aromatic rings. The Bertz CT molecular complexity index is 431. The summed E-state index contributed by atoms with van der Waals surface area (Å²) in [6.45, 7) is 3.54. The molecule has 0 aliphatic carbocycles. The van der Waals surface area contributed by atoms with Gasteiger partial charge < -0.3 is 9.47 Å². The van der Waals surface area contributed by atoms with Gasteiger partial charge in [0, 0.05) is 0 Å². The largest absolute Gasteiger partial charge is 0.497 e. The fourth-order valence-electron chi connectivity index (χ4n) is 1.28. The van der Waals surface area contributed by atoms with Gasteiger partial charge in [0.2, 0.25) is 0 Å². The Balaban J connectivity index is 2.82. The number of carbonyl (C=O) groups is 1. The normalized spacial score (nSPS) is 11.1. The van der Waals surface area contributed by atoms with Gasteiger partial charge in [0.15, 0.2) is 5.92 Å². The molecule has 0 spiro atoms. The fraction of sp³-hybridized carbons (Fsp3) is 0.231. The standard InChI is InChI=1S/C13H13NO3/c1-3-8-17-13(15)12(9-14)10-4-6-11(16-2)7-5-10/h3-7,12H,1,8H2,2H3. The van der Waals surface area contributed by atoms with Gasteiger partial charge in [-0.1, -0.05) is 24.8 Å². The molecule has 1 unspecified atom stereocenters. The number of ether oxygens (including phenoxy) is 2. The highest BCUT2D eigenvalue weighted by Gasteiger charge is 2.21. The van der Waals surface area contributed by atoms with Gasteiger partial charge in [-0.25, -0.2) is 0 Å². The van der Waals surface area contributed by atoms with Gasteiger partial charge in [-0.2, -0.15) is 5.26 Å². The molecule has 17 heavy (non-hydrogen) atoms. The van der Waals surface area contributed by atoms with Crippen molar-refractivity contribution in [3.63, 3.8) is 0 Å². The van der Waals surface area contributed by atoms with Crippen LogP contribution in [0.2, 0.25) is 0 Å². The molecule has 0 radical (unpaired) electrons. The summed E-state index contributed by atoms with van der Waals surface area (Å²) in [6.07, 6.45) is 1.46. The molecule has 1 aromatic carbocycles. The zero-order valence-electron chi connectivity index (χ0n) is 9.55. The number of nitriles is 1. The Morgan fingerprint density at radius 3 is 2.65 bits per heavy atom. The first-order chi connectivity index (χ1) is 8.22. The Labute approximate surface area is 100 Å². The van der Waals surface area contributed by atoms with Crippen LogP contribution in [0, 0.1) is 11.3 Å². The van der Waals surface area contributed by atoms with Crippen LogP contribution in [-0.2, 0) is 9.53 Å². The predicted molar refractivity (Wildman–Crippen MR) is 62.5 cm³/mol. The molecule has 0 saturated carbocycles. The zero-order chi connectivity index (χ0) is 12.7. The van der Waals surface area contributed by atoms with E-state index in [1.165, 1.54) is 6.08 Å². The van der Waals surface area contributed by atoms with E-state index in [4.69, 9.17) is 14.7 Å². The van der Waals surface area contributed by atoms with E-state index in [0.717, 1.165) is 0 Å². The lowest BCUT2D eigenvalue weighted by molar-refractivity contribution is -0.142. The number of esters is 1. The van der Waals surface area contributed by atoms with E-state index < -0.39 is 11.9 Å². The first kappa shape index (κ1) is 12.8.